The van der Waals surface area contributed by atoms with Crippen LogP contribution in [0, 0.1) is 15.5 Å². The van der Waals surface area contributed by atoms with Crippen LogP contribution in [0.4, 0.5) is 5.69 Å². The highest BCUT2D eigenvalue weighted by Crippen LogP contribution is 2.70. The molecule has 2 aliphatic rings. The molecule has 27 heavy (non-hydrogen) atoms. The lowest BCUT2D eigenvalue weighted by molar-refractivity contribution is -0.384. The van der Waals surface area contributed by atoms with Crippen LogP contribution < -0.4 is 5.43 Å². The van der Waals surface area contributed by atoms with Crippen molar-refractivity contribution in [3.63, 3.8) is 0 Å². The third-order valence-electron chi connectivity index (χ3n) is 6.94. The maximum Gasteiger partial charge on any atom is 0.271 e. The van der Waals surface area contributed by atoms with E-state index in [-0.39, 0.29) is 22.4 Å². The molecule has 1 aromatic carbocycles. The van der Waals surface area contributed by atoms with E-state index in [1.807, 2.05) is 0 Å². The highest BCUT2D eigenvalue weighted by molar-refractivity contribution is 5.92. The number of fused-ring (bicyclic) bond motifs is 6. The van der Waals surface area contributed by atoms with E-state index in [0.717, 1.165) is 12.1 Å². The number of nitro groups is 1. The average Bonchev–Trinajstić information content (AvgIpc) is 2.88. The number of benzene rings is 1. The van der Waals surface area contributed by atoms with Gasteiger partial charge in [0.2, 0.25) is 5.91 Å². The summed E-state index contributed by atoms with van der Waals surface area (Å²) in [5, 5.41) is 12.8. The van der Waals surface area contributed by atoms with Crippen LogP contribution in [0.3, 0.4) is 0 Å². The fourth-order valence-corrected chi connectivity index (χ4v) is 5.00. The summed E-state index contributed by atoms with van der Waals surface area (Å²) in [7, 11) is 3.56. The van der Waals surface area contributed by atoms with Crippen molar-refractivity contribution in [3.05, 3.63) is 39.7 Å². The summed E-state index contributed by atoms with van der Waals surface area (Å²) in [5.74, 6) is -0.0981. The first-order valence-corrected chi connectivity index (χ1v) is 9.00. The molecule has 1 N–H and O–H groups in total. The van der Waals surface area contributed by atoms with Crippen LogP contribution in [0.2, 0.25) is 0 Å². The SMILES string of the molecule is CN(C)NC(=O)C12CCC(C)(c3nc4ccc([N+](=O)[O-])cc4nc31)C2(C)C. The number of nitro benzene ring substituents is 1. The molecule has 0 saturated heterocycles. The Morgan fingerprint density at radius 2 is 1.81 bits per heavy atom. The number of amides is 1. The van der Waals surface area contributed by atoms with Crippen LogP contribution in [0.5, 0.6) is 0 Å². The van der Waals surface area contributed by atoms with E-state index in [4.69, 9.17) is 9.97 Å². The normalized spacial score (nSPS) is 27.8. The van der Waals surface area contributed by atoms with Gasteiger partial charge in [-0.25, -0.2) is 15.0 Å². The second-order valence-corrected chi connectivity index (χ2v) is 8.55. The largest absolute Gasteiger partial charge is 0.289 e. The Morgan fingerprint density at radius 1 is 1.15 bits per heavy atom. The van der Waals surface area contributed by atoms with E-state index in [2.05, 4.69) is 26.2 Å². The minimum Gasteiger partial charge on any atom is -0.289 e. The predicted molar refractivity (Wildman–Crippen MR) is 100 cm³/mol. The first kappa shape index (κ1) is 17.8. The molecular weight excluding hydrogens is 346 g/mol. The first-order chi connectivity index (χ1) is 12.5. The number of nitrogens with zero attached hydrogens (tertiary/aromatic N) is 4. The van der Waals surface area contributed by atoms with Gasteiger partial charge in [0.05, 0.1) is 27.3 Å². The van der Waals surface area contributed by atoms with Gasteiger partial charge in [0.25, 0.3) is 5.69 Å². The molecule has 1 saturated carbocycles. The molecule has 2 aromatic rings. The molecule has 8 heteroatoms. The highest BCUT2D eigenvalue weighted by Gasteiger charge is 2.73. The van der Waals surface area contributed by atoms with E-state index in [1.165, 1.54) is 12.1 Å². The quantitative estimate of drug-likeness (QED) is 0.659. The van der Waals surface area contributed by atoms with Gasteiger partial charge in [0, 0.05) is 31.6 Å². The maximum atomic E-state index is 13.3. The first-order valence-electron chi connectivity index (χ1n) is 9.00. The van der Waals surface area contributed by atoms with Gasteiger partial charge in [-0.2, -0.15) is 0 Å². The van der Waals surface area contributed by atoms with Crippen molar-refractivity contribution >= 4 is 22.6 Å². The fraction of sp³-hybridized carbons (Fsp3) is 0.526. The molecule has 4 rings (SSSR count). The molecule has 0 radical (unpaired) electrons. The van der Waals surface area contributed by atoms with Gasteiger partial charge in [-0.15, -0.1) is 0 Å². The van der Waals surface area contributed by atoms with Crippen molar-refractivity contribution in [3.8, 4) is 0 Å². The number of hydrogen-bond acceptors (Lipinski definition) is 6. The lowest BCUT2D eigenvalue weighted by atomic mass is 9.63. The van der Waals surface area contributed by atoms with E-state index in [9.17, 15) is 14.9 Å². The molecule has 2 atom stereocenters. The van der Waals surface area contributed by atoms with E-state index in [0.29, 0.717) is 23.1 Å². The zero-order chi connectivity index (χ0) is 19.8. The second-order valence-electron chi connectivity index (χ2n) is 8.55. The van der Waals surface area contributed by atoms with E-state index < -0.39 is 10.3 Å². The predicted octanol–water partition coefficient (Wildman–Crippen LogP) is 2.46. The van der Waals surface area contributed by atoms with Gasteiger partial charge in [0.15, 0.2) is 0 Å². The Balaban J connectivity index is 2.00. The molecule has 0 aliphatic heterocycles. The van der Waals surface area contributed by atoms with Crippen LogP contribution in [0.1, 0.15) is 45.0 Å². The third kappa shape index (κ3) is 1.99. The topological polar surface area (TPSA) is 101 Å². The standard InChI is InChI=1S/C19H23N5O3/c1-17(2)18(3)8-9-19(17,16(25)22-23(4)5)15-14(18)20-12-7-6-11(24(26)27)10-13(12)21-15/h6-7,10H,8-9H2,1-5H3,(H,22,25). The van der Waals surface area contributed by atoms with Crippen molar-refractivity contribution in [2.75, 3.05) is 14.1 Å². The number of rotatable bonds is 3. The molecule has 142 valence electrons. The van der Waals surface area contributed by atoms with Crippen molar-refractivity contribution in [1.82, 2.24) is 20.4 Å². The van der Waals surface area contributed by atoms with E-state index >= 15 is 0 Å². The van der Waals surface area contributed by atoms with Crippen molar-refractivity contribution < 1.29 is 9.72 Å². The number of aromatic nitrogens is 2. The van der Waals surface area contributed by atoms with Crippen LogP contribution in [-0.4, -0.2) is 39.9 Å². The summed E-state index contributed by atoms with van der Waals surface area (Å²) in [5.41, 5.74) is 3.98. The number of hydrogen-bond donors (Lipinski definition) is 1. The average molecular weight is 369 g/mol. The maximum absolute atomic E-state index is 13.3. The fourth-order valence-electron chi connectivity index (χ4n) is 5.00. The lowest BCUT2D eigenvalue weighted by Gasteiger charge is -2.39. The molecule has 0 spiro atoms. The van der Waals surface area contributed by atoms with Crippen molar-refractivity contribution in [1.29, 1.82) is 0 Å². The van der Waals surface area contributed by atoms with Gasteiger partial charge >= 0.3 is 0 Å². The number of carbonyl (C=O) groups excluding carboxylic acids is 1. The molecular formula is C19H23N5O3. The lowest BCUT2D eigenvalue weighted by Crippen LogP contribution is -2.54. The number of hydrazine groups is 1. The summed E-state index contributed by atoms with van der Waals surface area (Å²) in [4.78, 5) is 33.6. The molecule has 2 unspecified atom stereocenters. The van der Waals surface area contributed by atoms with Crippen molar-refractivity contribution in [2.45, 2.75) is 44.4 Å². The Morgan fingerprint density at radius 3 is 2.44 bits per heavy atom. The minimum atomic E-state index is -0.812. The van der Waals surface area contributed by atoms with Gasteiger partial charge in [-0.1, -0.05) is 20.8 Å². The molecule has 1 aromatic heterocycles. The Hall–Kier alpha value is -2.61. The summed E-state index contributed by atoms with van der Waals surface area (Å²) in [6, 6.07) is 4.51. The smallest absolute Gasteiger partial charge is 0.271 e. The molecule has 1 amide bonds. The number of carbonyl (C=O) groups is 1. The van der Waals surface area contributed by atoms with Crippen molar-refractivity contribution in [2.24, 2.45) is 5.41 Å². The van der Waals surface area contributed by atoms with Gasteiger partial charge in [-0.3, -0.25) is 20.3 Å². The Labute approximate surface area is 157 Å². The Kier molecular flexibility index (Phi) is 3.44. The molecule has 1 heterocycles. The summed E-state index contributed by atoms with van der Waals surface area (Å²) in [6.07, 6.45) is 1.53. The molecule has 2 aliphatic carbocycles. The van der Waals surface area contributed by atoms with E-state index in [1.54, 1.807) is 25.2 Å². The minimum absolute atomic E-state index is 0.0304. The van der Waals surface area contributed by atoms with Gasteiger partial charge in [0.1, 0.15) is 5.41 Å². The Bertz CT molecular complexity index is 1000. The summed E-state index contributed by atoms with van der Waals surface area (Å²) in [6.45, 7) is 6.35. The number of non-ortho nitro benzene ring substituents is 1. The monoisotopic (exact) mass is 369 g/mol. The zero-order valence-electron chi connectivity index (χ0n) is 16.2. The summed E-state index contributed by atoms with van der Waals surface area (Å²) < 4.78 is 0. The van der Waals surface area contributed by atoms with Crippen LogP contribution in [-0.2, 0) is 15.6 Å². The van der Waals surface area contributed by atoms with Crippen LogP contribution >= 0.6 is 0 Å². The van der Waals surface area contributed by atoms with Gasteiger partial charge in [-0.05, 0) is 24.3 Å². The molecule has 8 nitrogen and oxygen atoms in total. The second kappa shape index (κ2) is 5.22. The highest BCUT2D eigenvalue weighted by atomic mass is 16.6. The number of nitrogens with one attached hydrogen (secondary N) is 1. The van der Waals surface area contributed by atoms with Crippen LogP contribution in [0.25, 0.3) is 11.0 Å². The van der Waals surface area contributed by atoms with Gasteiger partial charge < -0.3 is 0 Å². The third-order valence-corrected chi connectivity index (χ3v) is 6.94. The zero-order valence-corrected chi connectivity index (χ0v) is 16.2. The summed E-state index contributed by atoms with van der Waals surface area (Å²) >= 11 is 0. The molecule has 1 fully saturated rings. The van der Waals surface area contributed by atoms with Crippen LogP contribution in [0.15, 0.2) is 18.2 Å². The molecule has 2 bridgehead atoms.